The van der Waals surface area contributed by atoms with Crippen molar-refractivity contribution in [2.24, 2.45) is 21.5 Å². The van der Waals surface area contributed by atoms with E-state index in [4.69, 9.17) is 23.1 Å². The molecule has 122 valence electrons. The van der Waals surface area contributed by atoms with Gasteiger partial charge in [-0.15, -0.1) is 0 Å². The third kappa shape index (κ3) is 2.72. The number of nitrogens with two attached hydrogens (primary N) is 2. The van der Waals surface area contributed by atoms with Crippen molar-refractivity contribution in [3.05, 3.63) is 28.8 Å². The summed E-state index contributed by atoms with van der Waals surface area (Å²) < 4.78 is 0. The Morgan fingerprint density at radius 1 is 1.26 bits per heavy atom. The van der Waals surface area contributed by atoms with Gasteiger partial charge >= 0.3 is 5.97 Å². The second kappa shape index (κ2) is 5.73. The van der Waals surface area contributed by atoms with Gasteiger partial charge < -0.3 is 16.6 Å². The molecule has 0 radical (unpaired) electrons. The molecule has 0 bridgehead atoms. The number of carboxylic acid groups (broad SMARTS) is 1. The number of rotatable bonds is 2. The predicted octanol–water partition coefficient (Wildman–Crippen LogP) is 2.15. The van der Waals surface area contributed by atoms with Crippen LogP contribution in [0.25, 0.3) is 0 Å². The number of benzene rings is 1. The van der Waals surface area contributed by atoms with E-state index in [1.165, 1.54) is 12.1 Å². The van der Waals surface area contributed by atoms with Gasteiger partial charge in [0.2, 0.25) is 11.9 Å². The molecule has 1 spiro atoms. The Labute approximate surface area is 138 Å². The smallest absolute Gasteiger partial charge is 0.337 e. The topological polar surface area (TPSA) is 117 Å². The molecule has 3 rings (SSSR count). The molecule has 7 nitrogen and oxygen atoms in total. The van der Waals surface area contributed by atoms with Crippen LogP contribution >= 0.6 is 11.6 Å². The summed E-state index contributed by atoms with van der Waals surface area (Å²) in [5, 5.41) is 9.92. The monoisotopic (exact) mass is 335 g/mol. The molecule has 23 heavy (non-hydrogen) atoms. The average molecular weight is 336 g/mol. The number of hydrogen-bond donors (Lipinski definition) is 3. The number of aromatic carboxylic acids is 1. The first-order chi connectivity index (χ1) is 10.9. The Morgan fingerprint density at radius 3 is 2.61 bits per heavy atom. The van der Waals surface area contributed by atoms with Crippen LogP contribution in [-0.2, 0) is 0 Å². The average Bonchev–Trinajstić information content (AvgIpc) is 2.46. The molecule has 1 heterocycles. The van der Waals surface area contributed by atoms with Gasteiger partial charge in [0, 0.05) is 5.02 Å². The maximum absolute atomic E-state index is 11.6. The molecular weight excluding hydrogens is 318 g/mol. The first-order valence-electron chi connectivity index (χ1n) is 7.45. The van der Waals surface area contributed by atoms with Crippen molar-refractivity contribution < 1.29 is 9.90 Å². The van der Waals surface area contributed by atoms with Crippen LogP contribution in [0.4, 0.5) is 5.69 Å². The largest absolute Gasteiger partial charge is 0.478 e. The fraction of sp³-hybridized carbons (Fsp3) is 0.400. The Bertz CT molecular complexity index is 710. The maximum atomic E-state index is 11.6. The zero-order chi connectivity index (χ0) is 16.6. The van der Waals surface area contributed by atoms with Gasteiger partial charge in [-0.2, -0.15) is 4.99 Å². The SMILES string of the molecule is NC1=NC2(CCCCC2)N(c2cc(Cl)ccc2C(=O)O)C(N)=N1. The van der Waals surface area contributed by atoms with E-state index < -0.39 is 11.6 Å². The minimum atomic E-state index is -1.06. The van der Waals surface area contributed by atoms with E-state index in [1.807, 2.05) is 0 Å². The number of guanidine groups is 2. The highest BCUT2D eigenvalue weighted by molar-refractivity contribution is 6.31. The predicted molar refractivity (Wildman–Crippen MR) is 90.0 cm³/mol. The lowest BCUT2D eigenvalue weighted by atomic mass is 9.87. The van der Waals surface area contributed by atoms with Crippen LogP contribution < -0.4 is 16.4 Å². The summed E-state index contributed by atoms with van der Waals surface area (Å²) in [6.07, 6.45) is 4.49. The van der Waals surface area contributed by atoms with Gasteiger partial charge in [0.05, 0.1) is 11.3 Å². The van der Waals surface area contributed by atoms with Crippen LogP contribution in [0, 0.1) is 0 Å². The van der Waals surface area contributed by atoms with E-state index in [0.29, 0.717) is 10.7 Å². The highest BCUT2D eigenvalue weighted by Gasteiger charge is 2.43. The molecule has 0 unspecified atom stereocenters. The molecule has 8 heteroatoms. The highest BCUT2D eigenvalue weighted by atomic mass is 35.5. The Hall–Kier alpha value is -2.28. The van der Waals surface area contributed by atoms with Crippen molar-refractivity contribution in [2.45, 2.75) is 37.8 Å². The first-order valence-corrected chi connectivity index (χ1v) is 7.83. The third-order valence-electron chi connectivity index (χ3n) is 4.28. The van der Waals surface area contributed by atoms with Gasteiger partial charge in [-0.3, -0.25) is 4.90 Å². The molecular formula is C15H18ClN5O2. The Balaban J connectivity index is 2.18. The third-order valence-corrected chi connectivity index (χ3v) is 4.52. The maximum Gasteiger partial charge on any atom is 0.337 e. The van der Waals surface area contributed by atoms with Crippen molar-refractivity contribution in [2.75, 3.05) is 4.90 Å². The molecule has 0 atom stereocenters. The van der Waals surface area contributed by atoms with Gasteiger partial charge in [0.1, 0.15) is 5.66 Å². The fourth-order valence-electron chi connectivity index (χ4n) is 3.34. The number of halogens is 1. The molecule has 1 aliphatic carbocycles. The van der Waals surface area contributed by atoms with Crippen LogP contribution in [0.15, 0.2) is 28.2 Å². The Morgan fingerprint density at radius 2 is 1.96 bits per heavy atom. The summed E-state index contributed by atoms with van der Waals surface area (Å²) in [4.78, 5) is 21.8. The second-order valence-corrected chi connectivity index (χ2v) is 6.22. The summed E-state index contributed by atoms with van der Waals surface area (Å²) >= 11 is 6.08. The van der Waals surface area contributed by atoms with Gasteiger partial charge in [-0.1, -0.05) is 18.0 Å². The zero-order valence-electron chi connectivity index (χ0n) is 12.5. The summed E-state index contributed by atoms with van der Waals surface area (Å²) in [5.74, 6) is -0.790. The molecule has 5 N–H and O–H groups in total. The molecule has 0 saturated heterocycles. The van der Waals surface area contributed by atoms with Gasteiger partial charge in [0.25, 0.3) is 0 Å². The van der Waals surface area contributed by atoms with Crippen LogP contribution in [0.5, 0.6) is 0 Å². The molecule has 0 amide bonds. The van der Waals surface area contributed by atoms with Crippen molar-refractivity contribution in [1.82, 2.24) is 0 Å². The number of nitrogens with zero attached hydrogens (tertiary/aromatic N) is 3. The molecule has 1 aromatic rings. The van der Waals surface area contributed by atoms with E-state index >= 15 is 0 Å². The van der Waals surface area contributed by atoms with Crippen LogP contribution in [-0.4, -0.2) is 28.7 Å². The van der Waals surface area contributed by atoms with E-state index in [1.54, 1.807) is 11.0 Å². The van der Waals surface area contributed by atoms with Crippen molar-refractivity contribution >= 4 is 35.2 Å². The molecule has 1 aromatic carbocycles. The standard InChI is InChI=1S/C15H18ClN5O2/c16-9-4-5-10(12(22)23)11(8-9)21-14(18)19-13(17)20-15(21)6-2-1-3-7-15/h4-5,8H,1-3,6-7H2,(H,22,23)(H4,17,18,19,20). The fourth-order valence-corrected chi connectivity index (χ4v) is 3.51. The van der Waals surface area contributed by atoms with Crippen LogP contribution in [0.3, 0.4) is 0 Å². The van der Waals surface area contributed by atoms with Crippen LogP contribution in [0.1, 0.15) is 42.5 Å². The zero-order valence-corrected chi connectivity index (χ0v) is 13.3. The van der Waals surface area contributed by atoms with Gasteiger partial charge in [-0.25, -0.2) is 9.79 Å². The van der Waals surface area contributed by atoms with Crippen LogP contribution in [0.2, 0.25) is 5.02 Å². The number of carboxylic acids is 1. The Kier molecular flexibility index (Phi) is 3.89. The lowest BCUT2D eigenvalue weighted by Crippen LogP contribution is -2.58. The van der Waals surface area contributed by atoms with E-state index in [0.717, 1.165) is 32.1 Å². The summed E-state index contributed by atoms with van der Waals surface area (Å²) in [7, 11) is 0. The minimum Gasteiger partial charge on any atom is -0.478 e. The quantitative estimate of drug-likeness (QED) is 0.765. The summed E-state index contributed by atoms with van der Waals surface area (Å²) in [6, 6.07) is 4.59. The highest BCUT2D eigenvalue weighted by Crippen LogP contribution is 2.41. The van der Waals surface area contributed by atoms with Crippen molar-refractivity contribution in [3.8, 4) is 0 Å². The van der Waals surface area contributed by atoms with Gasteiger partial charge in [-0.05, 0) is 43.9 Å². The minimum absolute atomic E-state index is 0.105. The van der Waals surface area contributed by atoms with Gasteiger partial charge in [0.15, 0.2) is 0 Å². The molecule has 1 aliphatic heterocycles. The molecule has 2 aliphatic rings. The molecule has 1 fully saturated rings. The first kappa shape index (κ1) is 15.6. The number of aliphatic imine (C=N–C) groups is 2. The van der Waals surface area contributed by atoms with Crippen molar-refractivity contribution in [3.63, 3.8) is 0 Å². The number of hydrogen-bond acceptors (Lipinski definition) is 6. The number of anilines is 1. The summed E-state index contributed by atoms with van der Waals surface area (Å²) in [5.41, 5.74) is 11.7. The van der Waals surface area contributed by atoms with E-state index in [-0.39, 0.29) is 17.5 Å². The molecule has 1 saturated carbocycles. The van der Waals surface area contributed by atoms with Crippen molar-refractivity contribution in [1.29, 1.82) is 0 Å². The summed E-state index contributed by atoms with van der Waals surface area (Å²) in [6.45, 7) is 0. The van der Waals surface area contributed by atoms with E-state index in [2.05, 4.69) is 9.98 Å². The lowest BCUT2D eigenvalue weighted by molar-refractivity contribution is 0.0697. The second-order valence-electron chi connectivity index (χ2n) is 5.79. The van der Waals surface area contributed by atoms with E-state index in [9.17, 15) is 9.90 Å². The molecule has 0 aromatic heterocycles. The number of carbonyl (C=O) groups is 1. The lowest BCUT2D eigenvalue weighted by Gasteiger charge is -2.46. The normalized spacial score (nSPS) is 20.1.